The molecule has 1 fully saturated rings. The number of benzene rings is 1. The lowest BCUT2D eigenvalue weighted by Gasteiger charge is -2.37. The van der Waals surface area contributed by atoms with Gasteiger partial charge in [-0.2, -0.15) is 35.1 Å². The smallest absolute Gasteiger partial charge is 0.381 e. The van der Waals surface area contributed by atoms with Gasteiger partial charge in [0, 0.05) is 6.42 Å². The topological polar surface area (TPSA) is 20.2 Å². The van der Waals surface area contributed by atoms with E-state index in [1.165, 1.54) is 12.1 Å². The predicted molar refractivity (Wildman–Crippen MR) is 83.0 cm³/mol. The van der Waals surface area contributed by atoms with Crippen LogP contribution in [0.5, 0.6) is 0 Å². The molecule has 0 aromatic heterocycles. The van der Waals surface area contributed by atoms with E-state index in [2.05, 4.69) is 0 Å². The molecule has 0 heterocycles. The second kappa shape index (κ2) is 5.79. The third kappa shape index (κ3) is 2.66. The lowest BCUT2D eigenvalue weighted by Crippen LogP contribution is -2.57. The van der Waals surface area contributed by atoms with Gasteiger partial charge in [-0.15, -0.1) is 0 Å². The highest BCUT2D eigenvalue weighted by Crippen LogP contribution is 2.70. The molecule has 160 valence electrons. The van der Waals surface area contributed by atoms with E-state index in [4.69, 9.17) is 0 Å². The maximum absolute atomic E-state index is 14.7. The molecule has 1 atom stereocenters. The highest BCUT2D eigenvalue weighted by atomic mass is 19.4. The molecule has 1 aromatic rings. The molecule has 0 amide bonds. The Morgan fingerprint density at radius 2 is 0.964 bits per heavy atom. The molecule has 1 aliphatic rings. The Hall–Kier alpha value is -1.45. The van der Waals surface area contributed by atoms with Crippen molar-refractivity contribution in [1.82, 2.24) is 0 Å². The van der Waals surface area contributed by atoms with Crippen LogP contribution in [0.1, 0.15) is 45.2 Å². The van der Waals surface area contributed by atoms with Crippen molar-refractivity contribution in [2.24, 2.45) is 0 Å². The van der Waals surface area contributed by atoms with E-state index in [0.717, 1.165) is 12.1 Å². The van der Waals surface area contributed by atoms with Gasteiger partial charge in [0.15, 0.2) is 0 Å². The van der Waals surface area contributed by atoms with E-state index >= 15 is 0 Å². The van der Waals surface area contributed by atoms with Gasteiger partial charge in [-0.3, -0.25) is 0 Å². The van der Waals surface area contributed by atoms with Gasteiger partial charge in [0.1, 0.15) is 0 Å². The molecular formula is C18H19F9O. The van der Waals surface area contributed by atoms with Crippen LogP contribution in [0.25, 0.3) is 0 Å². The fourth-order valence-corrected chi connectivity index (χ4v) is 3.22. The van der Waals surface area contributed by atoms with Crippen molar-refractivity contribution < 1.29 is 44.6 Å². The second-order valence-corrected chi connectivity index (χ2v) is 8.38. The zero-order chi connectivity index (χ0) is 22.2. The Morgan fingerprint density at radius 3 is 1.29 bits per heavy atom. The van der Waals surface area contributed by atoms with Crippen LogP contribution in [0.2, 0.25) is 0 Å². The molecule has 1 N–H and O–H groups in total. The van der Waals surface area contributed by atoms with Gasteiger partial charge in [-0.25, -0.2) is 4.39 Å². The summed E-state index contributed by atoms with van der Waals surface area (Å²) in [5.74, 6) is -26.2. The highest BCUT2D eigenvalue weighted by molar-refractivity contribution is 5.33. The van der Waals surface area contributed by atoms with E-state index in [-0.39, 0.29) is 11.0 Å². The summed E-state index contributed by atoms with van der Waals surface area (Å²) in [5, 5.41) is 10.3. The average Bonchev–Trinajstić information content (AvgIpc) is 2.56. The maximum Gasteiger partial charge on any atom is 0.381 e. The third-order valence-corrected chi connectivity index (χ3v) is 5.14. The van der Waals surface area contributed by atoms with Crippen molar-refractivity contribution in [1.29, 1.82) is 0 Å². The van der Waals surface area contributed by atoms with Gasteiger partial charge in [0.25, 0.3) is 5.67 Å². The van der Waals surface area contributed by atoms with Crippen LogP contribution in [0.4, 0.5) is 39.5 Å². The first kappa shape index (κ1) is 22.8. The van der Waals surface area contributed by atoms with Crippen molar-refractivity contribution in [2.45, 2.75) is 74.5 Å². The van der Waals surface area contributed by atoms with Crippen LogP contribution >= 0.6 is 0 Å². The van der Waals surface area contributed by atoms with Crippen LogP contribution in [-0.4, -0.2) is 34.5 Å². The second-order valence-electron chi connectivity index (χ2n) is 8.38. The lowest BCUT2D eigenvalue weighted by molar-refractivity contribution is -0.303. The van der Waals surface area contributed by atoms with E-state index in [1.54, 1.807) is 20.8 Å². The number of rotatable bonds is 3. The zero-order valence-electron chi connectivity index (χ0n) is 15.4. The summed E-state index contributed by atoms with van der Waals surface area (Å²) >= 11 is 0. The lowest BCUT2D eigenvalue weighted by atomic mass is 9.79. The first-order valence-corrected chi connectivity index (χ1v) is 8.20. The molecule has 1 aliphatic carbocycles. The van der Waals surface area contributed by atoms with Gasteiger partial charge >= 0.3 is 23.7 Å². The molecule has 0 radical (unpaired) electrons. The Labute approximate surface area is 155 Å². The zero-order valence-corrected chi connectivity index (χ0v) is 15.4. The minimum absolute atomic E-state index is 0.373. The van der Waals surface area contributed by atoms with Crippen molar-refractivity contribution in [3.05, 3.63) is 35.4 Å². The highest BCUT2D eigenvalue weighted by Gasteiger charge is 3.00. The number of halogens is 9. The minimum atomic E-state index is -6.65. The number of hydrogen-bond donors (Lipinski definition) is 1. The molecule has 1 saturated carbocycles. The van der Waals surface area contributed by atoms with E-state index in [1.807, 2.05) is 0 Å². The van der Waals surface area contributed by atoms with Crippen LogP contribution < -0.4 is 0 Å². The first-order chi connectivity index (χ1) is 12.2. The summed E-state index contributed by atoms with van der Waals surface area (Å²) < 4.78 is 123. The van der Waals surface area contributed by atoms with Gasteiger partial charge in [-0.1, -0.05) is 45.0 Å². The summed E-state index contributed by atoms with van der Waals surface area (Å²) in [4.78, 5) is 0. The van der Waals surface area contributed by atoms with Gasteiger partial charge in [-0.05, 0) is 23.5 Å². The number of hydrogen-bond acceptors (Lipinski definition) is 1. The van der Waals surface area contributed by atoms with Crippen LogP contribution in [0.15, 0.2) is 24.3 Å². The molecule has 0 bridgehead atoms. The number of alkyl halides is 9. The molecule has 1 aromatic carbocycles. The van der Waals surface area contributed by atoms with E-state index in [9.17, 15) is 44.6 Å². The Bertz CT molecular complexity index is 719. The van der Waals surface area contributed by atoms with Crippen molar-refractivity contribution in [2.75, 3.05) is 0 Å². The van der Waals surface area contributed by atoms with E-state index in [0.29, 0.717) is 12.5 Å². The third-order valence-electron chi connectivity index (χ3n) is 5.14. The molecule has 0 aliphatic heterocycles. The van der Waals surface area contributed by atoms with Crippen molar-refractivity contribution >= 4 is 0 Å². The standard InChI is InChI=1S/C18H19F9O/c1-12(2,3)10-5-7-11(8-6-10)13(4,28)9-14(19)15(20,21)17(24,25)18(26,27)16(14,22)23/h5-8,28H,9H2,1-4H3. The molecule has 10 heteroatoms. The Kier molecular flexibility index (Phi) is 4.73. The SMILES string of the molecule is CC(C)(C)c1ccc(C(C)(O)CC2(F)C(F)(F)C(F)(F)C(F)(F)C2(F)F)cc1. The molecule has 1 unspecified atom stereocenters. The fourth-order valence-electron chi connectivity index (χ4n) is 3.22. The summed E-state index contributed by atoms with van der Waals surface area (Å²) in [5.41, 5.74) is -8.64. The molecule has 28 heavy (non-hydrogen) atoms. The Balaban J connectivity index is 2.52. The molecule has 0 spiro atoms. The maximum atomic E-state index is 14.7. The summed E-state index contributed by atoms with van der Waals surface area (Å²) in [7, 11) is 0. The van der Waals surface area contributed by atoms with Gasteiger partial charge < -0.3 is 5.11 Å². The minimum Gasteiger partial charge on any atom is -0.385 e. The van der Waals surface area contributed by atoms with Crippen molar-refractivity contribution in [3.63, 3.8) is 0 Å². The predicted octanol–water partition coefficient (Wildman–Crippen LogP) is 5.84. The summed E-state index contributed by atoms with van der Waals surface area (Å²) in [6, 6.07) is 4.99. The average molecular weight is 422 g/mol. The first-order valence-electron chi connectivity index (χ1n) is 8.20. The largest absolute Gasteiger partial charge is 0.385 e. The normalized spacial score (nSPS) is 26.6. The monoisotopic (exact) mass is 422 g/mol. The summed E-state index contributed by atoms with van der Waals surface area (Å²) in [6.07, 6.45) is -2.37. The van der Waals surface area contributed by atoms with Crippen LogP contribution in [0, 0.1) is 0 Å². The van der Waals surface area contributed by atoms with E-state index < -0.39 is 41.4 Å². The fraction of sp³-hybridized carbons (Fsp3) is 0.667. The molecule has 2 rings (SSSR count). The summed E-state index contributed by atoms with van der Waals surface area (Å²) in [6.45, 7) is 6.03. The molecule has 1 nitrogen and oxygen atoms in total. The quantitative estimate of drug-likeness (QED) is 0.607. The van der Waals surface area contributed by atoms with Gasteiger partial charge in [0.2, 0.25) is 0 Å². The van der Waals surface area contributed by atoms with Crippen LogP contribution in [0.3, 0.4) is 0 Å². The number of aliphatic hydroxyl groups is 1. The molecule has 0 saturated heterocycles. The van der Waals surface area contributed by atoms with Crippen LogP contribution in [-0.2, 0) is 11.0 Å². The molecular weight excluding hydrogens is 403 g/mol. The van der Waals surface area contributed by atoms with Crippen molar-refractivity contribution in [3.8, 4) is 0 Å². The van der Waals surface area contributed by atoms with Gasteiger partial charge in [0.05, 0.1) is 5.60 Å². The Morgan fingerprint density at radius 1 is 0.643 bits per heavy atom.